The summed E-state index contributed by atoms with van der Waals surface area (Å²) >= 11 is 13.1. The molecule has 35 heavy (non-hydrogen) atoms. The molecule has 2 N–H and O–H groups in total. The summed E-state index contributed by atoms with van der Waals surface area (Å²) in [7, 11) is 3.04. The molecule has 0 aliphatic rings. The number of nitrogens with zero attached hydrogens (tertiary/aromatic N) is 3. The molecule has 0 radical (unpaired) electrons. The zero-order valence-corrected chi connectivity index (χ0v) is 20.7. The Labute approximate surface area is 211 Å². The van der Waals surface area contributed by atoms with Gasteiger partial charge in [-0.05, 0) is 42.3 Å². The first kappa shape index (κ1) is 24.3. The first-order chi connectivity index (χ1) is 16.9. The van der Waals surface area contributed by atoms with Crippen molar-refractivity contribution in [2.75, 3.05) is 24.9 Å². The van der Waals surface area contributed by atoms with Gasteiger partial charge in [-0.2, -0.15) is 0 Å². The summed E-state index contributed by atoms with van der Waals surface area (Å²) in [5.41, 5.74) is 4.51. The number of amides is 1. The third-order valence-corrected chi connectivity index (χ3v) is 6.02. The molecule has 0 saturated carbocycles. The number of aromatic nitrogens is 3. The van der Waals surface area contributed by atoms with Crippen molar-refractivity contribution in [1.29, 1.82) is 0 Å². The average Bonchev–Trinajstić information content (AvgIpc) is 2.86. The smallest absolute Gasteiger partial charge is 0.247 e. The number of anilines is 3. The molecule has 0 bridgehead atoms. The number of hydrogen-bond acceptors (Lipinski definition) is 7. The summed E-state index contributed by atoms with van der Waals surface area (Å²) in [5.74, 6) is 0.816. The van der Waals surface area contributed by atoms with Crippen LogP contribution in [0.1, 0.15) is 5.56 Å². The number of aryl methyl sites for hydroxylation is 1. The van der Waals surface area contributed by atoms with Crippen LogP contribution in [0, 0.1) is 6.92 Å². The van der Waals surface area contributed by atoms with Crippen LogP contribution in [-0.4, -0.2) is 35.3 Å². The Morgan fingerprint density at radius 1 is 1.00 bits per heavy atom. The van der Waals surface area contributed by atoms with Crippen molar-refractivity contribution in [1.82, 2.24) is 15.2 Å². The van der Waals surface area contributed by atoms with Crippen LogP contribution in [0.25, 0.3) is 22.2 Å². The van der Waals surface area contributed by atoms with Crippen molar-refractivity contribution in [2.45, 2.75) is 6.92 Å². The molecule has 0 atom stereocenters. The van der Waals surface area contributed by atoms with Crippen LogP contribution < -0.4 is 20.1 Å². The number of benzene rings is 3. The highest BCUT2D eigenvalue weighted by molar-refractivity contribution is 6.41. The molecule has 4 aromatic rings. The third kappa shape index (κ3) is 4.84. The second-order valence-corrected chi connectivity index (χ2v) is 8.19. The van der Waals surface area contributed by atoms with Crippen molar-refractivity contribution in [2.24, 2.45) is 0 Å². The Morgan fingerprint density at radius 2 is 1.71 bits per heavy atom. The molecular formula is C25H21Cl2N5O3. The summed E-state index contributed by atoms with van der Waals surface area (Å²) in [5, 5.41) is 15.2. The summed E-state index contributed by atoms with van der Waals surface area (Å²) in [6.45, 7) is 5.39. The Balaban J connectivity index is 1.72. The molecule has 178 valence electrons. The van der Waals surface area contributed by atoms with Gasteiger partial charge in [0.2, 0.25) is 11.9 Å². The fourth-order valence-electron chi connectivity index (χ4n) is 3.52. The number of ether oxygens (including phenoxy) is 2. The van der Waals surface area contributed by atoms with Crippen LogP contribution in [0.2, 0.25) is 10.0 Å². The molecule has 4 rings (SSSR count). The monoisotopic (exact) mass is 509 g/mol. The van der Waals surface area contributed by atoms with E-state index < -0.39 is 0 Å². The van der Waals surface area contributed by atoms with Gasteiger partial charge in [-0.15, -0.1) is 10.2 Å². The summed E-state index contributed by atoms with van der Waals surface area (Å²) in [4.78, 5) is 16.4. The van der Waals surface area contributed by atoms with E-state index in [9.17, 15) is 4.79 Å². The molecule has 0 fully saturated rings. The molecule has 0 unspecified atom stereocenters. The van der Waals surface area contributed by atoms with E-state index in [0.717, 1.165) is 5.56 Å². The molecule has 10 heteroatoms. The second kappa shape index (κ2) is 10.2. The topological polar surface area (TPSA) is 98.3 Å². The minimum Gasteiger partial charge on any atom is -0.495 e. The van der Waals surface area contributed by atoms with Crippen LogP contribution in [0.5, 0.6) is 11.5 Å². The highest BCUT2D eigenvalue weighted by atomic mass is 35.5. The van der Waals surface area contributed by atoms with Crippen molar-refractivity contribution in [3.8, 4) is 22.6 Å². The largest absolute Gasteiger partial charge is 0.495 e. The number of para-hydroxylation sites is 1. The van der Waals surface area contributed by atoms with Gasteiger partial charge in [0, 0.05) is 11.6 Å². The number of methoxy groups -OCH3 is 2. The van der Waals surface area contributed by atoms with Gasteiger partial charge in [-0.1, -0.05) is 48.0 Å². The number of nitrogens with one attached hydrogen (secondary N) is 2. The van der Waals surface area contributed by atoms with Crippen LogP contribution >= 0.6 is 23.2 Å². The molecule has 0 spiro atoms. The van der Waals surface area contributed by atoms with Crippen molar-refractivity contribution >= 4 is 57.5 Å². The summed E-state index contributed by atoms with van der Waals surface area (Å²) in [6, 6.07) is 12.6. The first-order valence-corrected chi connectivity index (χ1v) is 11.2. The van der Waals surface area contributed by atoms with E-state index in [1.807, 2.05) is 25.1 Å². The van der Waals surface area contributed by atoms with Crippen LogP contribution in [0.3, 0.4) is 0 Å². The van der Waals surface area contributed by atoms with E-state index in [1.165, 1.54) is 20.3 Å². The minimum atomic E-state index is -0.324. The van der Waals surface area contributed by atoms with Gasteiger partial charge in [0.1, 0.15) is 17.0 Å². The lowest BCUT2D eigenvalue weighted by molar-refractivity contribution is -0.111. The summed E-state index contributed by atoms with van der Waals surface area (Å²) in [6.07, 6.45) is 1.20. The highest BCUT2D eigenvalue weighted by Crippen LogP contribution is 2.46. The van der Waals surface area contributed by atoms with E-state index in [-0.39, 0.29) is 11.9 Å². The Morgan fingerprint density at radius 3 is 2.37 bits per heavy atom. The maximum absolute atomic E-state index is 11.8. The first-order valence-electron chi connectivity index (χ1n) is 10.4. The van der Waals surface area contributed by atoms with E-state index in [4.69, 9.17) is 32.7 Å². The number of hydrogen-bond donors (Lipinski definition) is 2. The van der Waals surface area contributed by atoms with E-state index >= 15 is 0 Å². The maximum Gasteiger partial charge on any atom is 0.247 e. The fourth-order valence-corrected chi connectivity index (χ4v) is 4.24. The zero-order valence-electron chi connectivity index (χ0n) is 19.1. The van der Waals surface area contributed by atoms with Gasteiger partial charge in [0.05, 0.1) is 41.2 Å². The standard InChI is InChI=1S/C25H21Cl2N5O3/c1-5-20(33)28-16-8-6-7-13(2)24(16)30-25-29-15-10-9-14(11-17(15)31-32-25)21-22(26)18(34-3)12-19(35-4)23(21)27/h5-12H,1H2,2-4H3,(H,28,33)(H,29,30,32). The Kier molecular flexibility index (Phi) is 7.04. The average molecular weight is 510 g/mol. The molecule has 0 aliphatic heterocycles. The third-order valence-electron chi connectivity index (χ3n) is 5.27. The Bertz CT molecular complexity index is 1430. The normalized spacial score (nSPS) is 10.7. The van der Waals surface area contributed by atoms with Gasteiger partial charge in [0.15, 0.2) is 0 Å². The molecule has 3 aromatic carbocycles. The van der Waals surface area contributed by atoms with E-state index in [0.29, 0.717) is 55.1 Å². The van der Waals surface area contributed by atoms with Gasteiger partial charge in [-0.3, -0.25) is 4.79 Å². The fraction of sp³-hybridized carbons (Fsp3) is 0.120. The molecule has 8 nitrogen and oxygen atoms in total. The highest BCUT2D eigenvalue weighted by Gasteiger charge is 2.19. The number of carbonyl (C=O) groups excluding carboxylic acids is 1. The quantitative estimate of drug-likeness (QED) is 0.286. The molecule has 1 aromatic heterocycles. The van der Waals surface area contributed by atoms with E-state index in [2.05, 4.69) is 32.4 Å². The number of carbonyl (C=O) groups is 1. The predicted octanol–water partition coefficient (Wildman–Crippen LogP) is 6.19. The van der Waals surface area contributed by atoms with Crippen molar-refractivity contribution in [3.63, 3.8) is 0 Å². The lowest BCUT2D eigenvalue weighted by atomic mass is 10.0. The van der Waals surface area contributed by atoms with Gasteiger partial charge >= 0.3 is 0 Å². The lowest BCUT2D eigenvalue weighted by Gasteiger charge is -2.15. The van der Waals surface area contributed by atoms with Gasteiger partial charge in [0.25, 0.3) is 0 Å². The predicted molar refractivity (Wildman–Crippen MR) is 139 cm³/mol. The van der Waals surface area contributed by atoms with Crippen LogP contribution in [-0.2, 0) is 4.79 Å². The Hall–Kier alpha value is -3.88. The number of halogens is 2. The van der Waals surface area contributed by atoms with Crippen LogP contribution in [0.15, 0.2) is 55.1 Å². The zero-order chi connectivity index (χ0) is 25.1. The van der Waals surface area contributed by atoms with Gasteiger partial charge in [-0.25, -0.2) is 4.98 Å². The lowest BCUT2D eigenvalue weighted by Crippen LogP contribution is -2.10. The second-order valence-electron chi connectivity index (χ2n) is 7.44. The molecule has 1 amide bonds. The van der Waals surface area contributed by atoms with Crippen LogP contribution in [0.4, 0.5) is 17.3 Å². The maximum atomic E-state index is 11.8. The molecule has 0 aliphatic carbocycles. The number of rotatable bonds is 7. The number of fused-ring (bicyclic) bond motifs is 1. The molecular weight excluding hydrogens is 489 g/mol. The SMILES string of the molecule is C=CC(=O)Nc1cccc(C)c1Nc1nnc2cc(-c3c(Cl)c(OC)cc(OC)c3Cl)ccc2n1. The molecule has 1 heterocycles. The van der Waals surface area contributed by atoms with Crippen molar-refractivity contribution in [3.05, 3.63) is 70.7 Å². The minimum absolute atomic E-state index is 0.271. The van der Waals surface area contributed by atoms with E-state index in [1.54, 1.807) is 24.3 Å². The summed E-state index contributed by atoms with van der Waals surface area (Å²) < 4.78 is 10.7. The van der Waals surface area contributed by atoms with Crippen molar-refractivity contribution < 1.29 is 14.3 Å². The van der Waals surface area contributed by atoms with Gasteiger partial charge < -0.3 is 20.1 Å². The molecule has 0 saturated heterocycles.